The van der Waals surface area contributed by atoms with Gasteiger partial charge in [-0.1, -0.05) is 12.1 Å². The minimum atomic E-state index is -4.35. The maximum atomic E-state index is 12.5. The Balaban J connectivity index is 0.00000338. The first-order valence-electron chi connectivity index (χ1n) is 7.28. The summed E-state index contributed by atoms with van der Waals surface area (Å²) in [4.78, 5) is 4.11. The predicted octanol–water partition coefficient (Wildman–Crippen LogP) is 4.27. The number of nitrogens with one attached hydrogen (secondary N) is 1. The fraction of sp³-hybridized carbons (Fsp3) is 0.235. The van der Waals surface area contributed by atoms with Crippen LogP contribution in [0.3, 0.4) is 0 Å². The molecule has 5 nitrogen and oxygen atoms in total. The average Bonchev–Trinajstić information content (AvgIpc) is 2.59. The van der Waals surface area contributed by atoms with Gasteiger partial charge < -0.3 is 20.5 Å². The second kappa shape index (κ2) is 9.51. The number of rotatable bonds is 5. The SMILES string of the molecule is COc1ccc(NC(N)=NCc2ccc(C(F)(F)F)cc2)cc1OC.I. The lowest BCUT2D eigenvalue weighted by Crippen LogP contribution is -2.22. The first kappa shape index (κ1) is 21.9. The molecule has 2 rings (SSSR count). The highest BCUT2D eigenvalue weighted by atomic mass is 127. The number of methoxy groups -OCH3 is 2. The molecule has 0 saturated heterocycles. The van der Waals surface area contributed by atoms with Crippen molar-refractivity contribution in [2.24, 2.45) is 10.7 Å². The summed E-state index contributed by atoms with van der Waals surface area (Å²) in [5.41, 5.74) is 6.36. The Bertz CT molecular complexity index is 750. The molecule has 26 heavy (non-hydrogen) atoms. The number of benzene rings is 2. The maximum absolute atomic E-state index is 12.5. The lowest BCUT2D eigenvalue weighted by Gasteiger charge is -2.11. The summed E-state index contributed by atoms with van der Waals surface area (Å²) in [5.74, 6) is 1.24. The predicted molar refractivity (Wildman–Crippen MR) is 105 cm³/mol. The second-order valence-electron chi connectivity index (χ2n) is 5.09. The van der Waals surface area contributed by atoms with Gasteiger partial charge in [0.1, 0.15) is 0 Å². The molecular weight excluding hydrogens is 462 g/mol. The van der Waals surface area contributed by atoms with Gasteiger partial charge in [0.2, 0.25) is 0 Å². The quantitative estimate of drug-likeness (QED) is 0.381. The second-order valence-corrected chi connectivity index (χ2v) is 5.09. The number of halogens is 4. The van der Waals surface area contributed by atoms with E-state index in [9.17, 15) is 13.2 Å². The zero-order valence-corrected chi connectivity index (χ0v) is 16.5. The molecule has 0 aliphatic carbocycles. The van der Waals surface area contributed by atoms with Crippen LogP contribution in [0, 0.1) is 0 Å². The lowest BCUT2D eigenvalue weighted by molar-refractivity contribution is -0.137. The number of anilines is 1. The molecule has 0 saturated carbocycles. The molecule has 0 aliphatic heterocycles. The standard InChI is InChI=1S/C17H18F3N3O2.HI/c1-24-14-8-7-13(9-15(14)25-2)23-16(21)22-10-11-3-5-12(6-4-11)17(18,19)20;/h3-9H,10H2,1-2H3,(H3,21,22,23);1H. The zero-order chi connectivity index (χ0) is 18.4. The van der Waals surface area contributed by atoms with Gasteiger partial charge in [-0.15, -0.1) is 24.0 Å². The summed E-state index contributed by atoms with van der Waals surface area (Å²) in [6.07, 6.45) is -4.35. The van der Waals surface area contributed by atoms with Gasteiger partial charge in [0.25, 0.3) is 0 Å². The summed E-state index contributed by atoms with van der Waals surface area (Å²) in [7, 11) is 3.05. The van der Waals surface area contributed by atoms with Gasteiger partial charge in [0.05, 0.1) is 26.3 Å². The van der Waals surface area contributed by atoms with Crippen molar-refractivity contribution in [1.82, 2.24) is 0 Å². The third-order valence-electron chi connectivity index (χ3n) is 3.37. The number of hydrogen-bond donors (Lipinski definition) is 2. The number of aliphatic imine (C=N–C) groups is 1. The van der Waals surface area contributed by atoms with Crippen molar-refractivity contribution >= 4 is 35.6 Å². The Morgan fingerprint density at radius 1 is 1.04 bits per heavy atom. The minimum absolute atomic E-state index is 0. The number of hydrogen-bond acceptors (Lipinski definition) is 3. The van der Waals surface area contributed by atoms with Crippen LogP contribution in [0.15, 0.2) is 47.5 Å². The first-order chi connectivity index (χ1) is 11.8. The molecule has 2 aromatic rings. The van der Waals surface area contributed by atoms with E-state index in [1.54, 1.807) is 18.2 Å². The van der Waals surface area contributed by atoms with Crippen LogP contribution >= 0.6 is 24.0 Å². The van der Waals surface area contributed by atoms with Crippen LogP contribution in [0.2, 0.25) is 0 Å². The zero-order valence-electron chi connectivity index (χ0n) is 14.1. The molecule has 0 heterocycles. The van der Waals surface area contributed by atoms with E-state index in [0.717, 1.165) is 12.1 Å². The molecule has 0 atom stereocenters. The van der Waals surface area contributed by atoms with Gasteiger partial charge >= 0.3 is 6.18 Å². The van der Waals surface area contributed by atoms with Crippen molar-refractivity contribution in [3.05, 3.63) is 53.6 Å². The monoisotopic (exact) mass is 481 g/mol. The largest absolute Gasteiger partial charge is 0.493 e. The normalized spacial score (nSPS) is 11.5. The number of guanidine groups is 1. The molecule has 0 aliphatic rings. The van der Waals surface area contributed by atoms with Crippen molar-refractivity contribution < 1.29 is 22.6 Å². The average molecular weight is 481 g/mol. The van der Waals surface area contributed by atoms with E-state index in [2.05, 4.69) is 10.3 Å². The highest BCUT2D eigenvalue weighted by molar-refractivity contribution is 14.0. The van der Waals surface area contributed by atoms with Gasteiger partial charge in [-0.05, 0) is 29.8 Å². The molecule has 0 unspecified atom stereocenters. The van der Waals surface area contributed by atoms with E-state index >= 15 is 0 Å². The van der Waals surface area contributed by atoms with Crippen molar-refractivity contribution in [2.75, 3.05) is 19.5 Å². The number of ether oxygens (including phenoxy) is 2. The van der Waals surface area contributed by atoms with Crippen molar-refractivity contribution in [3.8, 4) is 11.5 Å². The summed E-state index contributed by atoms with van der Waals surface area (Å²) >= 11 is 0. The first-order valence-corrected chi connectivity index (χ1v) is 7.28. The van der Waals surface area contributed by atoms with E-state index in [-0.39, 0.29) is 36.5 Å². The molecule has 3 N–H and O–H groups in total. The van der Waals surface area contributed by atoms with Crippen molar-refractivity contribution in [3.63, 3.8) is 0 Å². The molecular formula is C17H19F3IN3O2. The van der Waals surface area contributed by atoms with E-state index in [0.29, 0.717) is 22.7 Å². The van der Waals surface area contributed by atoms with Crippen LogP contribution in [0.1, 0.15) is 11.1 Å². The number of nitrogens with zero attached hydrogens (tertiary/aromatic N) is 1. The van der Waals surface area contributed by atoms with E-state index < -0.39 is 11.7 Å². The molecule has 2 aromatic carbocycles. The molecule has 142 valence electrons. The fourth-order valence-corrected chi connectivity index (χ4v) is 2.08. The summed E-state index contributed by atoms with van der Waals surface area (Å²) in [6.45, 7) is 0.157. The van der Waals surface area contributed by atoms with E-state index in [1.165, 1.54) is 26.4 Å². The van der Waals surface area contributed by atoms with Crippen LogP contribution in [0.25, 0.3) is 0 Å². The van der Waals surface area contributed by atoms with Crippen LogP contribution in [-0.2, 0) is 12.7 Å². The molecule has 0 amide bonds. The molecule has 0 radical (unpaired) electrons. The summed E-state index contributed by atoms with van der Waals surface area (Å²) < 4.78 is 47.9. The van der Waals surface area contributed by atoms with Gasteiger partial charge in [0, 0.05) is 11.8 Å². The summed E-state index contributed by atoms with van der Waals surface area (Å²) in [6, 6.07) is 9.92. The Kier molecular flexibility index (Phi) is 8.00. The van der Waals surface area contributed by atoms with Crippen LogP contribution in [0.5, 0.6) is 11.5 Å². The third-order valence-corrected chi connectivity index (χ3v) is 3.37. The Hall–Kier alpha value is -2.17. The van der Waals surface area contributed by atoms with Crippen molar-refractivity contribution in [1.29, 1.82) is 0 Å². The summed E-state index contributed by atoms with van der Waals surface area (Å²) in [5, 5.41) is 2.89. The van der Waals surface area contributed by atoms with Crippen LogP contribution < -0.4 is 20.5 Å². The molecule has 0 fully saturated rings. The van der Waals surface area contributed by atoms with Gasteiger partial charge in [-0.25, -0.2) is 4.99 Å². The minimum Gasteiger partial charge on any atom is -0.493 e. The fourth-order valence-electron chi connectivity index (χ4n) is 2.08. The topological polar surface area (TPSA) is 68.9 Å². The number of alkyl halides is 3. The van der Waals surface area contributed by atoms with Crippen molar-refractivity contribution in [2.45, 2.75) is 12.7 Å². The highest BCUT2D eigenvalue weighted by Gasteiger charge is 2.29. The maximum Gasteiger partial charge on any atom is 0.416 e. The van der Waals surface area contributed by atoms with Gasteiger partial charge in [0.15, 0.2) is 17.5 Å². The number of nitrogens with two attached hydrogens (primary N) is 1. The van der Waals surface area contributed by atoms with Gasteiger partial charge in [-0.2, -0.15) is 13.2 Å². The molecule has 0 spiro atoms. The van der Waals surface area contributed by atoms with Gasteiger partial charge in [-0.3, -0.25) is 0 Å². The third kappa shape index (κ3) is 5.97. The van der Waals surface area contributed by atoms with Crippen LogP contribution in [0.4, 0.5) is 18.9 Å². The Morgan fingerprint density at radius 3 is 2.19 bits per heavy atom. The molecule has 9 heteroatoms. The highest BCUT2D eigenvalue weighted by Crippen LogP contribution is 2.30. The molecule has 0 aromatic heterocycles. The Morgan fingerprint density at radius 2 is 1.65 bits per heavy atom. The van der Waals surface area contributed by atoms with E-state index in [1.807, 2.05) is 0 Å². The smallest absolute Gasteiger partial charge is 0.416 e. The molecule has 0 bridgehead atoms. The lowest BCUT2D eigenvalue weighted by atomic mass is 10.1. The van der Waals surface area contributed by atoms with Crippen LogP contribution in [-0.4, -0.2) is 20.2 Å². The Labute approximate surface area is 166 Å². The van der Waals surface area contributed by atoms with E-state index in [4.69, 9.17) is 15.2 Å².